The minimum Gasteiger partial charge on any atom is -0.373 e. The Morgan fingerprint density at radius 3 is 2.41 bits per heavy atom. The number of carbonyl (C=O) groups excluding carboxylic acids is 1. The fourth-order valence-corrected chi connectivity index (χ4v) is 6.57. The molecule has 4 rings (SSSR count). The first-order valence-corrected chi connectivity index (χ1v) is 12.9. The lowest BCUT2D eigenvalue weighted by atomic mass is 10.2. The van der Waals surface area contributed by atoms with Gasteiger partial charge in [0.05, 0.1) is 27.3 Å². The van der Waals surface area contributed by atoms with Crippen LogP contribution in [0.15, 0.2) is 52.4 Å². The van der Waals surface area contributed by atoms with Crippen LogP contribution in [0, 0.1) is 0 Å². The Hall–Kier alpha value is -2.33. The van der Waals surface area contributed by atoms with Crippen molar-refractivity contribution < 1.29 is 17.9 Å². The topological polar surface area (TPSA) is 81.0 Å². The molecule has 9 heteroatoms. The summed E-state index contributed by atoms with van der Waals surface area (Å²) in [5, 5.41) is 0. The summed E-state index contributed by atoms with van der Waals surface area (Å²) in [6, 6.07) is 12.2. The molecular weight excluding hydrogens is 446 g/mol. The number of aryl methyl sites for hydroxylation is 2. The van der Waals surface area contributed by atoms with E-state index in [1.807, 2.05) is 31.5 Å². The van der Waals surface area contributed by atoms with Gasteiger partial charge in [-0.1, -0.05) is 24.3 Å². The molecule has 0 saturated carbocycles. The summed E-state index contributed by atoms with van der Waals surface area (Å²) >= 11 is 1.46. The number of nitrogens with zero attached hydrogens (tertiary/aromatic N) is 3. The monoisotopic (exact) mass is 473 g/mol. The Kier molecular flexibility index (Phi) is 6.35. The minimum absolute atomic E-state index is 0.162. The molecule has 1 amide bonds. The van der Waals surface area contributed by atoms with E-state index in [-0.39, 0.29) is 17.1 Å². The molecule has 2 atom stereocenters. The zero-order valence-electron chi connectivity index (χ0n) is 18.6. The van der Waals surface area contributed by atoms with E-state index in [0.29, 0.717) is 23.5 Å². The molecule has 1 saturated heterocycles. The molecule has 0 bridgehead atoms. The van der Waals surface area contributed by atoms with Gasteiger partial charge in [-0.25, -0.2) is 8.42 Å². The quantitative estimate of drug-likeness (QED) is 0.582. The van der Waals surface area contributed by atoms with Crippen molar-refractivity contribution in [2.24, 2.45) is 12.0 Å². The third-order valence-corrected chi connectivity index (χ3v) is 8.54. The molecule has 32 heavy (non-hydrogen) atoms. The number of morpholine rings is 1. The first-order valence-electron chi connectivity index (χ1n) is 10.6. The van der Waals surface area contributed by atoms with Gasteiger partial charge in [0, 0.05) is 25.7 Å². The van der Waals surface area contributed by atoms with E-state index < -0.39 is 15.9 Å². The number of rotatable bonds is 4. The molecule has 1 aliphatic heterocycles. The van der Waals surface area contributed by atoms with Crippen LogP contribution in [0.4, 0.5) is 0 Å². The maximum Gasteiger partial charge on any atom is 0.279 e. The van der Waals surface area contributed by atoms with Crippen LogP contribution in [-0.4, -0.2) is 48.5 Å². The van der Waals surface area contributed by atoms with Gasteiger partial charge >= 0.3 is 0 Å². The number of ether oxygens (including phenoxy) is 1. The molecule has 2 unspecified atom stereocenters. The highest BCUT2D eigenvalue weighted by Crippen LogP contribution is 2.22. The summed E-state index contributed by atoms with van der Waals surface area (Å²) in [5.41, 5.74) is 2.60. The van der Waals surface area contributed by atoms with Crippen molar-refractivity contribution in [2.45, 2.75) is 44.3 Å². The molecule has 170 valence electrons. The minimum atomic E-state index is -3.65. The van der Waals surface area contributed by atoms with E-state index in [0.717, 1.165) is 16.6 Å². The lowest BCUT2D eigenvalue weighted by molar-refractivity contribution is -0.0440. The van der Waals surface area contributed by atoms with E-state index in [1.54, 1.807) is 0 Å². The summed E-state index contributed by atoms with van der Waals surface area (Å²) in [4.78, 5) is 17.8. The largest absolute Gasteiger partial charge is 0.373 e. The molecule has 0 aliphatic carbocycles. The van der Waals surface area contributed by atoms with Crippen LogP contribution in [0.5, 0.6) is 0 Å². The van der Waals surface area contributed by atoms with Crippen molar-refractivity contribution in [1.29, 1.82) is 0 Å². The fraction of sp³-hybridized carbons (Fsp3) is 0.391. The zero-order chi connectivity index (χ0) is 23.0. The molecule has 7 nitrogen and oxygen atoms in total. The van der Waals surface area contributed by atoms with Crippen molar-refractivity contribution in [2.75, 3.05) is 13.1 Å². The number of thiazole rings is 1. The predicted molar refractivity (Wildman–Crippen MR) is 125 cm³/mol. The third-order valence-electron chi connectivity index (χ3n) is 5.60. The van der Waals surface area contributed by atoms with Gasteiger partial charge in [-0.15, -0.1) is 0 Å². The van der Waals surface area contributed by atoms with Crippen LogP contribution < -0.4 is 4.80 Å². The molecule has 2 aromatic carbocycles. The van der Waals surface area contributed by atoms with Gasteiger partial charge in [-0.05, 0) is 62.2 Å². The Bertz CT molecular complexity index is 1310. The fourth-order valence-electron chi connectivity index (χ4n) is 3.90. The van der Waals surface area contributed by atoms with E-state index >= 15 is 0 Å². The van der Waals surface area contributed by atoms with Crippen LogP contribution >= 0.6 is 11.3 Å². The molecule has 0 spiro atoms. The van der Waals surface area contributed by atoms with Crippen LogP contribution in [0.1, 0.15) is 36.7 Å². The van der Waals surface area contributed by atoms with Gasteiger partial charge in [-0.2, -0.15) is 9.30 Å². The number of benzene rings is 2. The van der Waals surface area contributed by atoms with Crippen molar-refractivity contribution in [1.82, 2.24) is 8.87 Å². The van der Waals surface area contributed by atoms with Crippen LogP contribution in [-0.2, 0) is 28.2 Å². The summed E-state index contributed by atoms with van der Waals surface area (Å²) in [6.07, 6.45) is 0.618. The van der Waals surface area contributed by atoms with Gasteiger partial charge in [0.25, 0.3) is 5.91 Å². The molecule has 0 radical (unpaired) electrons. The number of amides is 1. The number of aromatic nitrogens is 1. The molecule has 2 heterocycles. The molecular formula is C23H27N3O4S2. The van der Waals surface area contributed by atoms with Crippen LogP contribution in [0.2, 0.25) is 0 Å². The Balaban J connectivity index is 1.60. The normalized spacial score (nSPS) is 20.7. The second kappa shape index (κ2) is 8.90. The summed E-state index contributed by atoms with van der Waals surface area (Å²) in [6.45, 7) is 6.44. The van der Waals surface area contributed by atoms with Crippen molar-refractivity contribution in [3.63, 3.8) is 0 Å². The van der Waals surface area contributed by atoms with Gasteiger partial charge in [-0.3, -0.25) is 4.79 Å². The summed E-state index contributed by atoms with van der Waals surface area (Å²) < 4.78 is 36.1. The number of sulfonamides is 1. The lowest BCUT2D eigenvalue weighted by Crippen LogP contribution is -2.48. The lowest BCUT2D eigenvalue weighted by Gasteiger charge is -2.34. The smallest absolute Gasteiger partial charge is 0.279 e. The highest BCUT2D eigenvalue weighted by atomic mass is 32.2. The Labute approximate surface area is 192 Å². The van der Waals surface area contributed by atoms with Gasteiger partial charge in [0.1, 0.15) is 0 Å². The van der Waals surface area contributed by atoms with Crippen molar-refractivity contribution in [3.05, 3.63) is 58.4 Å². The highest BCUT2D eigenvalue weighted by Gasteiger charge is 2.32. The third kappa shape index (κ3) is 4.43. The number of hydrogen-bond donors (Lipinski definition) is 0. The first kappa shape index (κ1) is 22.8. The van der Waals surface area contributed by atoms with E-state index in [1.165, 1.54) is 45.5 Å². The number of hydrogen-bond acceptors (Lipinski definition) is 5. The van der Waals surface area contributed by atoms with Crippen molar-refractivity contribution >= 4 is 37.5 Å². The highest BCUT2D eigenvalue weighted by molar-refractivity contribution is 7.89. The zero-order valence-corrected chi connectivity index (χ0v) is 20.2. The van der Waals surface area contributed by atoms with Gasteiger partial charge in [0.15, 0.2) is 4.80 Å². The maximum atomic E-state index is 13.0. The van der Waals surface area contributed by atoms with E-state index in [2.05, 4.69) is 24.0 Å². The second-order valence-corrected chi connectivity index (χ2v) is 11.1. The second-order valence-electron chi connectivity index (χ2n) is 8.12. The van der Waals surface area contributed by atoms with E-state index in [4.69, 9.17) is 4.74 Å². The maximum absolute atomic E-state index is 13.0. The number of carbonyl (C=O) groups is 1. The molecule has 1 aliphatic rings. The summed E-state index contributed by atoms with van der Waals surface area (Å²) in [5.74, 6) is -0.402. The van der Waals surface area contributed by atoms with Crippen LogP contribution in [0.25, 0.3) is 10.2 Å². The van der Waals surface area contributed by atoms with Gasteiger partial charge in [0.2, 0.25) is 10.0 Å². The van der Waals surface area contributed by atoms with E-state index in [9.17, 15) is 13.2 Å². The summed E-state index contributed by atoms with van der Waals surface area (Å²) in [7, 11) is -1.77. The van der Waals surface area contributed by atoms with Crippen LogP contribution in [0.3, 0.4) is 0 Å². The Morgan fingerprint density at radius 1 is 1.12 bits per heavy atom. The molecule has 1 aromatic heterocycles. The Morgan fingerprint density at radius 2 is 1.78 bits per heavy atom. The SMILES string of the molecule is CCc1ccc2c(c1)sc(=NC(=O)c1ccc(S(=O)(=O)N3CC(C)OC(C)C3)cc1)n2C. The molecule has 1 fully saturated rings. The van der Waals surface area contributed by atoms with Crippen molar-refractivity contribution in [3.8, 4) is 0 Å². The van der Waals surface area contributed by atoms with Gasteiger partial charge < -0.3 is 9.30 Å². The predicted octanol–water partition coefficient (Wildman–Crippen LogP) is 3.34. The molecule has 3 aromatic rings. The average Bonchev–Trinajstić information content (AvgIpc) is 3.07. The first-order chi connectivity index (χ1) is 15.2. The average molecular weight is 474 g/mol. The number of fused-ring (bicyclic) bond motifs is 1. The standard InChI is InChI=1S/C23H27N3O4S2/c1-5-17-6-11-20-21(12-17)31-23(25(20)4)24-22(27)18-7-9-19(10-8-18)32(28,29)26-13-15(2)30-16(3)14-26/h6-12,15-16H,5,13-14H2,1-4H3. The molecule has 0 N–H and O–H groups in total.